The highest BCUT2D eigenvalue weighted by Crippen LogP contribution is 2.34. The Morgan fingerprint density at radius 1 is 1.56 bits per heavy atom. The smallest absolute Gasteiger partial charge is 0.307 e. The molecule has 1 N–H and O–H groups in total. The van der Waals surface area contributed by atoms with Gasteiger partial charge in [0.05, 0.1) is 19.1 Å². The molecule has 0 saturated carbocycles. The van der Waals surface area contributed by atoms with E-state index in [0.29, 0.717) is 22.6 Å². The molecule has 2 rings (SSSR count). The number of carbonyl (C=O) groups excluding carboxylic acids is 1. The molecule has 1 atom stereocenters. The van der Waals surface area contributed by atoms with Gasteiger partial charge in [0.15, 0.2) is 5.78 Å². The number of aliphatic carboxylic acids is 1. The van der Waals surface area contributed by atoms with E-state index in [1.54, 1.807) is 19.1 Å². The third kappa shape index (κ3) is 2.30. The number of fused-ring (bicyclic) bond motifs is 1. The number of carbonyl (C=O) groups is 2. The minimum absolute atomic E-state index is 0.0809. The fraction of sp³-hybridized carbons (Fsp3) is 0.385. The Kier molecular flexibility index (Phi) is 3.23. The summed E-state index contributed by atoms with van der Waals surface area (Å²) in [6.45, 7) is 1.80. The highest BCUT2D eigenvalue weighted by molar-refractivity contribution is 6.02. The van der Waals surface area contributed by atoms with Crippen molar-refractivity contribution in [1.82, 2.24) is 0 Å². The zero-order valence-corrected chi connectivity index (χ0v) is 10.2. The fourth-order valence-electron chi connectivity index (χ4n) is 2.10. The van der Waals surface area contributed by atoms with Crippen LogP contribution in [-0.2, 0) is 11.2 Å². The third-order valence-electron chi connectivity index (χ3n) is 2.81. The lowest BCUT2D eigenvalue weighted by Crippen LogP contribution is -2.25. The average Bonchev–Trinajstić information content (AvgIpc) is 2.26. The van der Waals surface area contributed by atoms with Gasteiger partial charge < -0.3 is 14.6 Å². The molecule has 0 amide bonds. The summed E-state index contributed by atoms with van der Waals surface area (Å²) in [6.07, 6.45) is -0.149. The van der Waals surface area contributed by atoms with Crippen LogP contribution in [0.15, 0.2) is 12.1 Å². The molecule has 0 bridgehead atoms. The molecule has 1 unspecified atom stereocenters. The van der Waals surface area contributed by atoms with Crippen LogP contribution in [0.5, 0.6) is 11.5 Å². The molecular formula is C13H14O5. The Labute approximate surface area is 104 Å². The summed E-state index contributed by atoms with van der Waals surface area (Å²) in [5, 5.41) is 8.88. The second-order valence-corrected chi connectivity index (χ2v) is 4.29. The molecule has 0 radical (unpaired) electrons. The van der Waals surface area contributed by atoms with Gasteiger partial charge in [0.25, 0.3) is 0 Å². The molecule has 0 fully saturated rings. The predicted octanol–water partition coefficient (Wildman–Crippen LogP) is 1.68. The van der Waals surface area contributed by atoms with Gasteiger partial charge in [-0.05, 0) is 18.6 Å². The first-order chi connectivity index (χ1) is 8.51. The van der Waals surface area contributed by atoms with Gasteiger partial charge in [-0.3, -0.25) is 9.59 Å². The van der Waals surface area contributed by atoms with Crippen molar-refractivity contribution in [3.8, 4) is 11.5 Å². The number of ether oxygens (including phenoxy) is 2. The zero-order chi connectivity index (χ0) is 13.3. The van der Waals surface area contributed by atoms with Crippen molar-refractivity contribution in [3.05, 3.63) is 23.3 Å². The molecule has 1 aliphatic heterocycles. The number of hydrogen-bond donors (Lipinski definition) is 1. The van der Waals surface area contributed by atoms with Gasteiger partial charge in [-0.15, -0.1) is 0 Å². The van der Waals surface area contributed by atoms with Crippen molar-refractivity contribution in [1.29, 1.82) is 0 Å². The average molecular weight is 250 g/mol. The van der Waals surface area contributed by atoms with Crippen molar-refractivity contribution in [2.45, 2.75) is 25.9 Å². The SMILES string of the molecule is COc1cc(CC(=O)O)c2c(c1)OC(C)CC2=O. The largest absolute Gasteiger partial charge is 0.497 e. The van der Waals surface area contributed by atoms with Gasteiger partial charge in [0.2, 0.25) is 0 Å². The van der Waals surface area contributed by atoms with Crippen LogP contribution in [0, 0.1) is 0 Å². The molecule has 0 saturated heterocycles. The number of methoxy groups -OCH3 is 1. The van der Waals surface area contributed by atoms with E-state index < -0.39 is 5.97 Å². The lowest BCUT2D eigenvalue weighted by atomic mass is 9.94. The minimum atomic E-state index is -0.989. The van der Waals surface area contributed by atoms with Crippen molar-refractivity contribution < 1.29 is 24.2 Å². The second kappa shape index (κ2) is 4.68. The quantitative estimate of drug-likeness (QED) is 0.883. The van der Waals surface area contributed by atoms with E-state index in [0.717, 1.165) is 0 Å². The van der Waals surface area contributed by atoms with E-state index in [-0.39, 0.29) is 24.7 Å². The van der Waals surface area contributed by atoms with Crippen LogP contribution in [0.2, 0.25) is 0 Å². The molecule has 0 aliphatic carbocycles. The minimum Gasteiger partial charge on any atom is -0.497 e. The number of carboxylic acid groups (broad SMARTS) is 1. The third-order valence-corrected chi connectivity index (χ3v) is 2.81. The summed E-state index contributed by atoms with van der Waals surface area (Å²) in [6, 6.07) is 3.19. The molecule has 5 nitrogen and oxygen atoms in total. The molecule has 1 aromatic rings. The van der Waals surface area contributed by atoms with Crippen molar-refractivity contribution in [2.75, 3.05) is 7.11 Å². The summed E-state index contributed by atoms with van der Waals surface area (Å²) in [7, 11) is 1.49. The van der Waals surface area contributed by atoms with Crippen LogP contribution in [0.3, 0.4) is 0 Å². The number of ketones is 1. The van der Waals surface area contributed by atoms with E-state index >= 15 is 0 Å². The van der Waals surface area contributed by atoms with E-state index in [4.69, 9.17) is 14.6 Å². The summed E-state index contributed by atoms with van der Waals surface area (Å²) in [5.74, 6) is -0.166. The van der Waals surface area contributed by atoms with Crippen LogP contribution in [0.4, 0.5) is 0 Å². The van der Waals surface area contributed by atoms with Crippen molar-refractivity contribution in [3.63, 3.8) is 0 Å². The molecule has 1 aliphatic rings. The van der Waals surface area contributed by atoms with E-state index in [9.17, 15) is 9.59 Å². The highest BCUT2D eigenvalue weighted by Gasteiger charge is 2.28. The Morgan fingerprint density at radius 2 is 2.28 bits per heavy atom. The molecule has 1 aromatic carbocycles. The Balaban J connectivity index is 2.54. The van der Waals surface area contributed by atoms with E-state index in [1.165, 1.54) is 7.11 Å². The predicted molar refractivity (Wildman–Crippen MR) is 63.4 cm³/mol. The lowest BCUT2D eigenvalue weighted by Gasteiger charge is -2.24. The standard InChI is InChI=1S/C13H14O5/c1-7-3-10(14)13-8(5-12(15)16)4-9(17-2)6-11(13)18-7/h4,6-7H,3,5H2,1-2H3,(H,15,16). The van der Waals surface area contributed by atoms with Crippen molar-refractivity contribution in [2.24, 2.45) is 0 Å². The van der Waals surface area contributed by atoms with E-state index in [1.807, 2.05) is 0 Å². The van der Waals surface area contributed by atoms with Crippen LogP contribution in [-0.4, -0.2) is 30.1 Å². The number of hydrogen-bond acceptors (Lipinski definition) is 4. The Morgan fingerprint density at radius 3 is 2.89 bits per heavy atom. The van der Waals surface area contributed by atoms with Gasteiger partial charge in [-0.1, -0.05) is 0 Å². The van der Waals surface area contributed by atoms with Crippen LogP contribution in [0.1, 0.15) is 29.3 Å². The van der Waals surface area contributed by atoms with Gasteiger partial charge in [-0.25, -0.2) is 0 Å². The molecule has 96 valence electrons. The Hall–Kier alpha value is -2.04. The maximum absolute atomic E-state index is 12.0. The number of Topliss-reactive ketones (excluding diaryl/α,β-unsaturated/α-hetero) is 1. The lowest BCUT2D eigenvalue weighted by molar-refractivity contribution is -0.136. The van der Waals surface area contributed by atoms with Gasteiger partial charge in [-0.2, -0.15) is 0 Å². The fourth-order valence-corrected chi connectivity index (χ4v) is 2.10. The van der Waals surface area contributed by atoms with Crippen LogP contribution < -0.4 is 9.47 Å². The first-order valence-corrected chi connectivity index (χ1v) is 5.64. The maximum atomic E-state index is 12.0. The monoisotopic (exact) mass is 250 g/mol. The Bertz CT molecular complexity index is 506. The van der Waals surface area contributed by atoms with Gasteiger partial charge >= 0.3 is 5.97 Å². The summed E-state index contributed by atoms with van der Waals surface area (Å²) >= 11 is 0. The van der Waals surface area contributed by atoms with Gasteiger partial charge in [0, 0.05) is 12.5 Å². The molecule has 18 heavy (non-hydrogen) atoms. The van der Waals surface area contributed by atoms with E-state index in [2.05, 4.69) is 0 Å². The highest BCUT2D eigenvalue weighted by atomic mass is 16.5. The number of benzene rings is 1. The molecule has 0 aromatic heterocycles. The topological polar surface area (TPSA) is 72.8 Å². The maximum Gasteiger partial charge on any atom is 0.307 e. The summed E-state index contributed by atoms with van der Waals surface area (Å²) in [4.78, 5) is 22.8. The summed E-state index contributed by atoms with van der Waals surface area (Å²) in [5.41, 5.74) is 0.810. The number of carboxylic acids is 1. The summed E-state index contributed by atoms with van der Waals surface area (Å²) < 4.78 is 10.7. The molecule has 5 heteroatoms. The molecular weight excluding hydrogens is 236 g/mol. The first kappa shape index (κ1) is 12.4. The van der Waals surface area contributed by atoms with Crippen LogP contribution >= 0.6 is 0 Å². The molecule has 1 heterocycles. The first-order valence-electron chi connectivity index (χ1n) is 5.64. The number of rotatable bonds is 3. The molecule has 0 spiro atoms. The van der Waals surface area contributed by atoms with Gasteiger partial charge in [0.1, 0.15) is 17.6 Å². The second-order valence-electron chi connectivity index (χ2n) is 4.29. The van der Waals surface area contributed by atoms with Crippen LogP contribution in [0.25, 0.3) is 0 Å². The van der Waals surface area contributed by atoms with Crippen molar-refractivity contribution >= 4 is 11.8 Å². The normalized spacial score (nSPS) is 17.9. The zero-order valence-electron chi connectivity index (χ0n) is 10.2.